The SMILES string of the molecule is COC(=O)c1sc(Sc2nc(C)c(C)c(C)n2)nc1Cl. The second-order valence-electron chi connectivity index (χ2n) is 4.00. The number of hydrogen-bond donors (Lipinski definition) is 0. The van der Waals surface area contributed by atoms with E-state index in [0.29, 0.717) is 9.50 Å². The van der Waals surface area contributed by atoms with Crippen molar-refractivity contribution in [3.63, 3.8) is 0 Å². The minimum atomic E-state index is -0.489. The molecule has 106 valence electrons. The summed E-state index contributed by atoms with van der Waals surface area (Å²) in [5.41, 5.74) is 2.92. The lowest BCUT2D eigenvalue weighted by Gasteiger charge is -2.04. The molecule has 0 spiro atoms. The second-order valence-corrected chi connectivity index (χ2v) is 6.57. The molecule has 0 saturated carbocycles. The van der Waals surface area contributed by atoms with Gasteiger partial charge in [-0.3, -0.25) is 0 Å². The monoisotopic (exact) mass is 329 g/mol. The summed E-state index contributed by atoms with van der Waals surface area (Å²) < 4.78 is 5.25. The van der Waals surface area contributed by atoms with Crippen LogP contribution >= 0.6 is 34.7 Å². The van der Waals surface area contributed by atoms with Gasteiger partial charge in [-0.1, -0.05) is 22.9 Å². The number of aromatic nitrogens is 3. The molecule has 0 aliphatic carbocycles. The van der Waals surface area contributed by atoms with Gasteiger partial charge in [-0.25, -0.2) is 19.7 Å². The van der Waals surface area contributed by atoms with Crippen LogP contribution in [0.25, 0.3) is 0 Å². The number of aryl methyl sites for hydroxylation is 2. The molecule has 0 bridgehead atoms. The average Bonchev–Trinajstić information content (AvgIpc) is 2.75. The Morgan fingerprint density at radius 1 is 1.20 bits per heavy atom. The molecule has 0 fully saturated rings. The van der Waals surface area contributed by atoms with E-state index in [1.54, 1.807) is 0 Å². The molecule has 0 saturated heterocycles. The Hall–Kier alpha value is -1.18. The van der Waals surface area contributed by atoms with Crippen molar-refractivity contribution in [2.75, 3.05) is 7.11 Å². The van der Waals surface area contributed by atoms with Crippen LogP contribution in [0.15, 0.2) is 9.50 Å². The van der Waals surface area contributed by atoms with E-state index >= 15 is 0 Å². The van der Waals surface area contributed by atoms with Crippen LogP contribution in [0.3, 0.4) is 0 Å². The van der Waals surface area contributed by atoms with Crippen molar-refractivity contribution in [3.05, 3.63) is 27.0 Å². The first-order valence-corrected chi connectivity index (χ1v) is 7.67. The molecule has 5 nitrogen and oxygen atoms in total. The third-order valence-electron chi connectivity index (χ3n) is 2.73. The van der Waals surface area contributed by atoms with Crippen LogP contribution in [-0.4, -0.2) is 28.0 Å². The normalized spacial score (nSPS) is 10.7. The zero-order chi connectivity index (χ0) is 14.9. The summed E-state index contributed by atoms with van der Waals surface area (Å²) >= 11 is 8.37. The lowest BCUT2D eigenvalue weighted by Crippen LogP contribution is -1.98. The molecule has 2 rings (SSSR count). The van der Waals surface area contributed by atoms with Gasteiger partial charge in [0.25, 0.3) is 0 Å². The molecule has 2 aromatic rings. The fourth-order valence-corrected chi connectivity index (χ4v) is 3.69. The van der Waals surface area contributed by atoms with Crippen molar-refractivity contribution < 1.29 is 9.53 Å². The summed E-state index contributed by atoms with van der Waals surface area (Å²) in [5.74, 6) is -0.489. The van der Waals surface area contributed by atoms with Crippen LogP contribution in [0.4, 0.5) is 0 Å². The maximum Gasteiger partial charge on any atom is 0.351 e. The van der Waals surface area contributed by atoms with E-state index in [1.165, 1.54) is 30.2 Å². The Kier molecular flexibility index (Phi) is 4.62. The van der Waals surface area contributed by atoms with Gasteiger partial charge in [-0.05, 0) is 38.1 Å². The molecule has 0 amide bonds. The molecule has 0 aromatic carbocycles. The van der Waals surface area contributed by atoms with E-state index < -0.39 is 5.97 Å². The number of rotatable bonds is 3. The number of hydrogen-bond acceptors (Lipinski definition) is 7. The Balaban J connectivity index is 2.29. The Bertz CT molecular complexity index is 650. The van der Waals surface area contributed by atoms with Crippen LogP contribution in [0.1, 0.15) is 26.6 Å². The highest BCUT2D eigenvalue weighted by atomic mass is 35.5. The van der Waals surface area contributed by atoms with Gasteiger partial charge < -0.3 is 4.74 Å². The zero-order valence-corrected chi connectivity index (χ0v) is 13.7. The van der Waals surface area contributed by atoms with Crippen molar-refractivity contribution in [3.8, 4) is 0 Å². The van der Waals surface area contributed by atoms with Crippen molar-refractivity contribution in [1.82, 2.24) is 15.0 Å². The highest BCUT2D eigenvalue weighted by Crippen LogP contribution is 2.34. The summed E-state index contributed by atoms with van der Waals surface area (Å²) in [6, 6.07) is 0. The molecule has 2 heterocycles. The Morgan fingerprint density at radius 3 is 2.35 bits per heavy atom. The summed E-state index contributed by atoms with van der Waals surface area (Å²) in [5, 5.41) is 0.734. The predicted molar refractivity (Wildman–Crippen MR) is 78.8 cm³/mol. The molecule has 0 N–H and O–H groups in total. The summed E-state index contributed by atoms with van der Waals surface area (Å²) in [7, 11) is 1.31. The van der Waals surface area contributed by atoms with E-state index in [1.807, 2.05) is 20.8 Å². The van der Waals surface area contributed by atoms with Crippen molar-refractivity contribution in [1.29, 1.82) is 0 Å². The number of esters is 1. The van der Waals surface area contributed by atoms with Gasteiger partial charge in [0.1, 0.15) is 0 Å². The maximum absolute atomic E-state index is 11.5. The number of carbonyl (C=O) groups is 1. The number of methoxy groups -OCH3 is 1. The minimum Gasteiger partial charge on any atom is -0.465 e. The summed E-state index contributed by atoms with van der Waals surface area (Å²) in [4.78, 5) is 24.7. The lowest BCUT2D eigenvalue weighted by atomic mass is 10.2. The third kappa shape index (κ3) is 3.11. The lowest BCUT2D eigenvalue weighted by molar-refractivity contribution is 0.0606. The van der Waals surface area contributed by atoms with Gasteiger partial charge in [0, 0.05) is 11.4 Å². The van der Waals surface area contributed by atoms with Gasteiger partial charge in [0.05, 0.1) is 7.11 Å². The van der Waals surface area contributed by atoms with Crippen molar-refractivity contribution in [2.45, 2.75) is 30.3 Å². The molecular weight excluding hydrogens is 318 g/mol. The largest absolute Gasteiger partial charge is 0.465 e. The topological polar surface area (TPSA) is 65.0 Å². The molecule has 0 atom stereocenters. The number of nitrogens with zero attached hydrogens (tertiary/aromatic N) is 3. The molecular formula is C12H12ClN3O2S2. The first kappa shape index (κ1) is 15.2. The van der Waals surface area contributed by atoms with Gasteiger partial charge in [0.2, 0.25) is 0 Å². The average molecular weight is 330 g/mol. The fourth-order valence-electron chi connectivity index (χ4n) is 1.41. The minimum absolute atomic E-state index is 0.143. The molecule has 2 aromatic heterocycles. The van der Waals surface area contributed by atoms with Crippen LogP contribution in [0.2, 0.25) is 5.15 Å². The third-order valence-corrected chi connectivity index (χ3v) is 5.07. The molecule has 0 unspecified atom stereocenters. The highest BCUT2D eigenvalue weighted by Gasteiger charge is 2.18. The van der Waals surface area contributed by atoms with E-state index in [-0.39, 0.29) is 10.0 Å². The standard InChI is InChI=1S/C12H12ClN3O2S2/c1-5-6(2)14-11(15-7(5)3)20-12-16-9(13)8(19-12)10(17)18-4/h1-4H3. The van der Waals surface area contributed by atoms with Crippen LogP contribution < -0.4 is 0 Å². The van der Waals surface area contributed by atoms with Gasteiger partial charge in [-0.2, -0.15) is 0 Å². The maximum atomic E-state index is 11.5. The van der Waals surface area contributed by atoms with Crippen LogP contribution in [-0.2, 0) is 4.74 Å². The summed E-state index contributed by atoms with van der Waals surface area (Å²) in [6.07, 6.45) is 0. The molecule has 8 heteroatoms. The first-order chi connectivity index (χ1) is 9.42. The number of carbonyl (C=O) groups excluding carboxylic acids is 1. The fraction of sp³-hybridized carbons (Fsp3) is 0.333. The second kappa shape index (κ2) is 6.07. The number of halogens is 1. The van der Waals surface area contributed by atoms with Crippen LogP contribution in [0.5, 0.6) is 0 Å². The molecule has 0 aliphatic rings. The smallest absolute Gasteiger partial charge is 0.351 e. The molecule has 20 heavy (non-hydrogen) atoms. The predicted octanol–water partition coefficient (Wildman–Crippen LogP) is 3.45. The van der Waals surface area contributed by atoms with E-state index in [9.17, 15) is 4.79 Å². The number of thiazole rings is 1. The summed E-state index contributed by atoms with van der Waals surface area (Å²) in [6.45, 7) is 5.85. The first-order valence-electron chi connectivity index (χ1n) is 5.66. The van der Waals surface area contributed by atoms with Gasteiger partial charge >= 0.3 is 5.97 Å². The Morgan fingerprint density at radius 2 is 1.80 bits per heavy atom. The van der Waals surface area contributed by atoms with Crippen molar-refractivity contribution in [2.24, 2.45) is 0 Å². The number of ether oxygens (including phenoxy) is 1. The van der Waals surface area contributed by atoms with E-state index in [0.717, 1.165) is 17.0 Å². The molecule has 0 aliphatic heterocycles. The quantitative estimate of drug-likeness (QED) is 0.634. The van der Waals surface area contributed by atoms with Crippen LogP contribution in [0, 0.1) is 20.8 Å². The van der Waals surface area contributed by atoms with Gasteiger partial charge in [0.15, 0.2) is 19.5 Å². The Labute approximate surface area is 129 Å². The zero-order valence-electron chi connectivity index (χ0n) is 11.4. The molecule has 0 radical (unpaired) electrons. The van der Waals surface area contributed by atoms with Crippen molar-refractivity contribution >= 4 is 40.7 Å². The van der Waals surface area contributed by atoms with E-state index in [4.69, 9.17) is 11.6 Å². The highest BCUT2D eigenvalue weighted by molar-refractivity contribution is 8.00. The van der Waals surface area contributed by atoms with E-state index in [2.05, 4.69) is 19.7 Å². The van der Waals surface area contributed by atoms with Gasteiger partial charge in [-0.15, -0.1) is 0 Å².